The van der Waals surface area contributed by atoms with Gasteiger partial charge in [0, 0.05) is 38.5 Å². The number of thioether (sulfide) groups is 1. The van der Waals surface area contributed by atoms with Crippen LogP contribution in [0.3, 0.4) is 0 Å². The van der Waals surface area contributed by atoms with Crippen LogP contribution in [-0.4, -0.2) is 72.1 Å². The minimum Gasteiger partial charge on any atom is -0.393 e. The number of aliphatic hydroxyl groups is 1. The summed E-state index contributed by atoms with van der Waals surface area (Å²) in [5.41, 5.74) is 0. The summed E-state index contributed by atoms with van der Waals surface area (Å²) < 4.78 is 12.6. The smallest absolute Gasteiger partial charge is 0.159 e. The zero-order valence-electron chi connectivity index (χ0n) is 16.5. The van der Waals surface area contributed by atoms with E-state index in [1.54, 1.807) is 0 Å². The van der Waals surface area contributed by atoms with Crippen molar-refractivity contribution in [2.75, 3.05) is 27.3 Å². The van der Waals surface area contributed by atoms with E-state index in [-0.39, 0.29) is 24.2 Å². The maximum absolute atomic E-state index is 10.4. The molecule has 1 aliphatic carbocycles. The molecule has 1 N–H and O–H groups in total. The van der Waals surface area contributed by atoms with Gasteiger partial charge in [0.05, 0.1) is 18.2 Å². The standard InChI is InChI=1S/C19H36N2O3S/c1-6-8-10-23-17-14(13(3)22)12-15-16(18(17)24-11-9-7-2)20-19(25-15)21(4)5/h13-18,22H,6-12H2,1-5H3/t13?,14-,15+,16+,17-,18-/m1/s1. The van der Waals surface area contributed by atoms with Crippen LogP contribution in [0, 0.1) is 5.92 Å². The van der Waals surface area contributed by atoms with Crippen LogP contribution in [0.25, 0.3) is 0 Å². The van der Waals surface area contributed by atoms with Crippen molar-refractivity contribution < 1.29 is 14.6 Å². The molecular weight excluding hydrogens is 336 g/mol. The van der Waals surface area contributed by atoms with E-state index in [1.165, 1.54) is 0 Å². The molecule has 0 saturated heterocycles. The second kappa shape index (κ2) is 10.1. The van der Waals surface area contributed by atoms with Crippen LogP contribution in [-0.2, 0) is 9.47 Å². The fourth-order valence-electron chi connectivity index (χ4n) is 3.59. The summed E-state index contributed by atoms with van der Waals surface area (Å²) >= 11 is 1.83. The van der Waals surface area contributed by atoms with Crippen molar-refractivity contribution in [1.82, 2.24) is 4.90 Å². The van der Waals surface area contributed by atoms with Gasteiger partial charge >= 0.3 is 0 Å². The molecule has 0 aromatic heterocycles. The number of hydrogen-bond acceptors (Lipinski definition) is 6. The van der Waals surface area contributed by atoms with Crippen LogP contribution in [0.1, 0.15) is 52.9 Å². The Hall–Kier alpha value is -0.300. The van der Waals surface area contributed by atoms with Crippen LogP contribution < -0.4 is 0 Å². The van der Waals surface area contributed by atoms with Crippen molar-refractivity contribution in [2.45, 2.75) is 82.5 Å². The Morgan fingerprint density at radius 2 is 1.76 bits per heavy atom. The third-order valence-electron chi connectivity index (χ3n) is 5.10. The molecule has 1 unspecified atom stereocenters. The molecule has 1 heterocycles. The summed E-state index contributed by atoms with van der Waals surface area (Å²) in [5, 5.41) is 11.8. The number of nitrogens with zero attached hydrogens (tertiary/aromatic N) is 2. The van der Waals surface area contributed by atoms with Gasteiger partial charge < -0.3 is 19.5 Å². The van der Waals surface area contributed by atoms with Crippen LogP contribution in [0.2, 0.25) is 0 Å². The highest BCUT2D eigenvalue weighted by atomic mass is 32.2. The second-order valence-electron chi connectivity index (χ2n) is 7.47. The van der Waals surface area contributed by atoms with Crippen molar-refractivity contribution in [3.8, 4) is 0 Å². The number of hydrogen-bond donors (Lipinski definition) is 1. The lowest BCUT2D eigenvalue weighted by Gasteiger charge is -2.44. The number of aliphatic imine (C=N–C) groups is 1. The molecule has 1 saturated carbocycles. The third-order valence-corrected chi connectivity index (χ3v) is 6.56. The molecule has 0 amide bonds. The number of amidine groups is 1. The number of fused-ring (bicyclic) bond motifs is 1. The fraction of sp³-hybridized carbons (Fsp3) is 0.947. The van der Waals surface area contributed by atoms with Crippen molar-refractivity contribution in [3.05, 3.63) is 0 Å². The molecule has 0 radical (unpaired) electrons. The van der Waals surface area contributed by atoms with Gasteiger partial charge in [-0.25, -0.2) is 0 Å². The SMILES string of the molecule is CCCCO[C@@H]1[C@H]2N=C(N(C)C)S[C@H]2C[C@H](C(C)O)[C@H]1OCCCC. The van der Waals surface area contributed by atoms with Crippen LogP contribution in [0.5, 0.6) is 0 Å². The van der Waals surface area contributed by atoms with Gasteiger partial charge in [-0.3, -0.25) is 4.99 Å². The minimum atomic E-state index is -0.395. The first-order chi connectivity index (χ1) is 12.0. The predicted octanol–water partition coefficient (Wildman–Crippen LogP) is 3.16. The van der Waals surface area contributed by atoms with Gasteiger partial charge in [0.25, 0.3) is 0 Å². The van der Waals surface area contributed by atoms with Gasteiger partial charge in [-0.2, -0.15) is 0 Å². The van der Waals surface area contributed by atoms with Crippen molar-refractivity contribution in [1.29, 1.82) is 0 Å². The first kappa shape index (κ1) is 21.0. The lowest BCUT2D eigenvalue weighted by molar-refractivity contribution is -0.142. The van der Waals surface area contributed by atoms with Gasteiger partial charge in [0.1, 0.15) is 6.10 Å². The van der Waals surface area contributed by atoms with Gasteiger partial charge in [-0.15, -0.1) is 0 Å². The van der Waals surface area contributed by atoms with E-state index in [0.29, 0.717) is 5.25 Å². The van der Waals surface area contributed by atoms with Gasteiger partial charge in [-0.1, -0.05) is 38.5 Å². The van der Waals surface area contributed by atoms with E-state index >= 15 is 0 Å². The van der Waals surface area contributed by atoms with Crippen LogP contribution in [0.4, 0.5) is 0 Å². The summed E-state index contributed by atoms with van der Waals surface area (Å²) in [5.74, 6) is 0.106. The Bertz CT molecular complexity index is 431. The summed E-state index contributed by atoms with van der Waals surface area (Å²) in [6.45, 7) is 7.70. The molecule has 0 spiro atoms. The maximum Gasteiger partial charge on any atom is 0.159 e. The average Bonchev–Trinajstić information content (AvgIpc) is 3.00. The van der Waals surface area contributed by atoms with Gasteiger partial charge in [0.15, 0.2) is 5.17 Å². The van der Waals surface area contributed by atoms with E-state index in [4.69, 9.17) is 14.5 Å². The Labute approximate surface area is 157 Å². The molecule has 0 aromatic carbocycles. The number of rotatable bonds is 9. The molecule has 146 valence electrons. The van der Waals surface area contributed by atoms with E-state index in [2.05, 4.69) is 18.7 Å². The van der Waals surface area contributed by atoms with E-state index in [0.717, 1.165) is 50.5 Å². The number of aliphatic hydroxyl groups excluding tert-OH is 1. The Morgan fingerprint density at radius 3 is 2.28 bits per heavy atom. The predicted molar refractivity (Wildman–Crippen MR) is 105 cm³/mol. The molecule has 0 aromatic rings. The summed E-state index contributed by atoms with van der Waals surface area (Å²) in [4.78, 5) is 7.04. The maximum atomic E-state index is 10.4. The second-order valence-corrected chi connectivity index (χ2v) is 8.68. The molecule has 1 fully saturated rings. The molecule has 6 heteroatoms. The quantitative estimate of drug-likeness (QED) is 0.630. The van der Waals surface area contributed by atoms with Gasteiger partial charge in [-0.05, 0) is 26.2 Å². The molecule has 25 heavy (non-hydrogen) atoms. The molecular formula is C19H36N2O3S. The average molecular weight is 373 g/mol. The largest absolute Gasteiger partial charge is 0.393 e. The summed E-state index contributed by atoms with van der Waals surface area (Å²) in [7, 11) is 4.08. The normalized spacial score (nSPS) is 33.0. The minimum absolute atomic E-state index is 0.0632. The highest BCUT2D eigenvalue weighted by Gasteiger charge is 2.50. The van der Waals surface area contributed by atoms with E-state index in [1.807, 2.05) is 32.8 Å². The van der Waals surface area contributed by atoms with Crippen molar-refractivity contribution in [3.63, 3.8) is 0 Å². The van der Waals surface area contributed by atoms with Crippen LogP contribution in [0.15, 0.2) is 4.99 Å². The van der Waals surface area contributed by atoms with Crippen molar-refractivity contribution >= 4 is 16.9 Å². The van der Waals surface area contributed by atoms with E-state index < -0.39 is 6.10 Å². The first-order valence-corrected chi connectivity index (χ1v) is 10.7. The number of unbranched alkanes of at least 4 members (excludes halogenated alkanes) is 2. The Balaban J connectivity index is 2.19. The highest BCUT2D eigenvalue weighted by molar-refractivity contribution is 8.14. The summed E-state index contributed by atoms with van der Waals surface area (Å²) in [6, 6.07) is 0.126. The lowest BCUT2D eigenvalue weighted by Crippen LogP contribution is -2.55. The van der Waals surface area contributed by atoms with Crippen molar-refractivity contribution in [2.24, 2.45) is 10.9 Å². The van der Waals surface area contributed by atoms with Crippen LogP contribution >= 0.6 is 11.8 Å². The Kier molecular flexibility index (Phi) is 8.52. The fourth-order valence-corrected chi connectivity index (χ4v) is 4.93. The van der Waals surface area contributed by atoms with E-state index in [9.17, 15) is 5.11 Å². The van der Waals surface area contributed by atoms with Gasteiger partial charge in [0.2, 0.25) is 0 Å². The summed E-state index contributed by atoms with van der Waals surface area (Å²) in [6.07, 6.45) is 4.71. The molecule has 5 nitrogen and oxygen atoms in total. The zero-order chi connectivity index (χ0) is 18.4. The molecule has 6 atom stereocenters. The third kappa shape index (κ3) is 5.34. The molecule has 2 rings (SSSR count). The number of ether oxygens (including phenoxy) is 2. The highest BCUT2D eigenvalue weighted by Crippen LogP contribution is 2.43. The Morgan fingerprint density at radius 1 is 1.16 bits per heavy atom. The molecule has 1 aliphatic heterocycles. The zero-order valence-corrected chi connectivity index (χ0v) is 17.3. The first-order valence-electron chi connectivity index (χ1n) is 9.82. The lowest BCUT2D eigenvalue weighted by atomic mass is 9.78. The molecule has 0 bridgehead atoms. The topological polar surface area (TPSA) is 54.3 Å². The molecule has 2 aliphatic rings. The monoisotopic (exact) mass is 372 g/mol.